The van der Waals surface area contributed by atoms with Gasteiger partial charge in [-0.1, -0.05) is 68.3 Å². The molecule has 2 unspecified atom stereocenters. The van der Waals surface area contributed by atoms with Crippen LogP contribution in [-0.4, -0.2) is 25.2 Å². The number of fused-ring (bicyclic) bond motifs is 1. The molecule has 1 aliphatic heterocycles. The fourth-order valence-electron chi connectivity index (χ4n) is 5.94. The molecule has 3 aromatic carbocycles. The minimum absolute atomic E-state index is 0.329. The standard InChI is InChI=1S/C27H26Br2N2/c1-5-31-15-30(4)14-18-12-23-24(13-25(18)31)27(29)20-9-7-6-8-19(20)26(23,28)21-10-16(2)17(3)11-22(21)27/h6-13H,5,14-15H2,1-4H3. The van der Waals surface area contributed by atoms with Gasteiger partial charge >= 0.3 is 0 Å². The van der Waals surface area contributed by atoms with Crippen molar-refractivity contribution in [1.82, 2.24) is 4.90 Å². The molecule has 4 heteroatoms. The second-order valence-electron chi connectivity index (χ2n) is 9.38. The van der Waals surface area contributed by atoms with E-state index in [0.717, 1.165) is 19.8 Å². The van der Waals surface area contributed by atoms with Crippen LogP contribution in [0.15, 0.2) is 48.5 Å². The van der Waals surface area contributed by atoms with Gasteiger partial charge in [0.1, 0.15) is 8.65 Å². The Labute approximate surface area is 201 Å². The first-order valence-electron chi connectivity index (χ1n) is 11.0. The fraction of sp³-hybridized carbons (Fsp3) is 0.333. The third-order valence-electron chi connectivity index (χ3n) is 7.58. The lowest BCUT2D eigenvalue weighted by Crippen LogP contribution is -2.46. The number of hydrogen-bond donors (Lipinski definition) is 0. The van der Waals surface area contributed by atoms with Crippen molar-refractivity contribution in [1.29, 1.82) is 0 Å². The van der Waals surface area contributed by atoms with E-state index in [0.29, 0.717) is 0 Å². The van der Waals surface area contributed by atoms with Crippen molar-refractivity contribution in [3.8, 4) is 0 Å². The molecule has 2 bridgehead atoms. The Morgan fingerprint density at radius 3 is 1.87 bits per heavy atom. The lowest BCUT2D eigenvalue weighted by molar-refractivity contribution is 0.310. The minimum atomic E-state index is -0.333. The number of rotatable bonds is 1. The fourth-order valence-corrected chi connectivity index (χ4v) is 7.95. The predicted octanol–water partition coefficient (Wildman–Crippen LogP) is 6.53. The highest BCUT2D eigenvalue weighted by atomic mass is 79.9. The first-order chi connectivity index (χ1) is 14.8. The molecule has 2 atom stereocenters. The van der Waals surface area contributed by atoms with Crippen molar-refractivity contribution in [2.45, 2.75) is 36.0 Å². The number of benzene rings is 3. The van der Waals surface area contributed by atoms with Crippen molar-refractivity contribution < 1.29 is 0 Å². The quantitative estimate of drug-likeness (QED) is 0.325. The van der Waals surface area contributed by atoms with Gasteiger partial charge in [-0.05, 0) is 90.0 Å². The molecule has 0 saturated heterocycles. The summed E-state index contributed by atoms with van der Waals surface area (Å²) in [6, 6.07) is 18.7. The maximum Gasteiger partial charge on any atom is 0.102 e. The number of nitrogens with zero attached hydrogens (tertiary/aromatic N) is 2. The van der Waals surface area contributed by atoms with E-state index in [4.69, 9.17) is 0 Å². The highest BCUT2D eigenvalue weighted by molar-refractivity contribution is 9.10. The van der Waals surface area contributed by atoms with E-state index in [1.54, 1.807) is 0 Å². The first-order valence-corrected chi connectivity index (χ1v) is 12.6. The molecule has 4 aliphatic rings. The molecule has 0 radical (unpaired) electrons. The third kappa shape index (κ3) is 2.37. The van der Waals surface area contributed by atoms with Crippen molar-refractivity contribution in [3.63, 3.8) is 0 Å². The largest absolute Gasteiger partial charge is 0.359 e. The molecule has 3 aromatic rings. The highest BCUT2D eigenvalue weighted by Crippen LogP contribution is 2.67. The van der Waals surface area contributed by atoms with Crippen molar-refractivity contribution in [2.75, 3.05) is 25.2 Å². The average Bonchev–Trinajstić information content (AvgIpc) is 2.76. The Bertz CT molecular complexity index is 1270. The number of hydrogen-bond acceptors (Lipinski definition) is 2. The Morgan fingerprint density at radius 1 is 0.806 bits per heavy atom. The molecule has 0 spiro atoms. The molecule has 7 rings (SSSR count). The van der Waals surface area contributed by atoms with E-state index in [-0.39, 0.29) is 8.65 Å². The van der Waals surface area contributed by atoms with Crippen LogP contribution in [0.1, 0.15) is 57.0 Å². The van der Waals surface area contributed by atoms with Crippen molar-refractivity contribution in [2.24, 2.45) is 0 Å². The van der Waals surface area contributed by atoms with Crippen LogP contribution in [-0.2, 0) is 15.2 Å². The van der Waals surface area contributed by atoms with Crippen LogP contribution in [0.5, 0.6) is 0 Å². The summed E-state index contributed by atoms with van der Waals surface area (Å²) >= 11 is 8.68. The number of halogens is 2. The second-order valence-corrected chi connectivity index (χ2v) is 11.8. The summed E-state index contributed by atoms with van der Waals surface area (Å²) in [4.78, 5) is 4.89. The molecule has 158 valence electrons. The van der Waals surface area contributed by atoms with E-state index in [1.165, 1.54) is 55.8 Å². The average molecular weight is 538 g/mol. The molecule has 2 nitrogen and oxygen atoms in total. The summed E-state index contributed by atoms with van der Waals surface area (Å²) in [5.41, 5.74) is 13.7. The van der Waals surface area contributed by atoms with Crippen LogP contribution < -0.4 is 4.90 Å². The molecule has 0 fully saturated rings. The van der Waals surface area contributed by atoms with Gasteiger partial charge in [-0.25, -0.2) is 0 Å². The second kappa shape index (κ2) is 6.46. The smallest absolute Gasteiger partial charge is 0.102 e. The summed E-state index contributed by atoms with van der Waals surface area (Å²) in [5, 5.41) is 0. The molecular formula is C27H26Br2N2. The maximum absolute atomic E-state index is 4.34. The van der Waals surface area contributed by atoms with Crippen molar-refractivity contribution in [3.05, 3.63) is 98.6 Å². The molecule has 1 heterocycles. The Morgan fingerprint density at radius 2 is 1.32 bits per heavy atom. The maximum atomic E-state index is 4.34. The zero-order valence-corrected chi connectivity index (χ0v) is 21.6. The van der Waals surface area contributed by atoms with Gasteiger partial charge in [0.05, 0.1) is 6.67 Å². The number of anilines is 1. The van der Waals surface area contributed by atoms with Crippen LogP contribution in [0.25, 0.3) is 0 Å². The molecule has 31 heavy (non-hydrogen) atoms. The summed E-state index contributed by atoms with van der Waals surface area (Å²) in [6.07, 6.45) is 0. The van der Waals surface area contributed by atoms with Crippen molar-refractivity contribution >= 4 is 37.5 Å². The zero-order valence-electron chi connectivity index (χ0n) is 18.4. The van der Waals surface area contributed by atoms with Gasteiger partial charge in [-0.2, -0.15) is 0 Å². The summed E-state index contributed by atoms with van der Waals surface area (Å²) in [7, 11) is 2.21. The summed E-state index contributed by atoms with van der Waals surface area (Å²) in [6.45, 7) is 9.67. The minimum Gasteiger partial charge on any atom is -0.359 e. The van der Waals surface area contributed by atoms with Gasteiger partial charge in [0.2, 0.25) is 0 Å². The van der Waals surface area contributed by atoms with Gasteiger partial charge in [0.15, 0.2) is 0 Å². The first kappa shape index (κ1) is 20.0. The van der Waals surface area contributed by atoms with Gasteiger partial charge < -0.3 is 4.90 Å². The van der Waals surface area contributed by atoms with E-state index in [1.807, 2.05) is 0 Å². The Kier molecular flexibility index (Phi) is 4.17. The molecule has 0 amide bonds. The normalized spacial score (nSPS) is 25.7. The van der Waals surface area contributed by atoms with Crippen LogP contribution >= 0.6 is 31.9 Å². The molecule has 0 saturated carbocycles. The lowest BCUT2D eigenvalue weighted by Gasteiger charge is -2.53. The highest BCUT2D eigenvalue weighted by Gasteiger charge is 2.57. The topological polar surface area (TPSA) is 6.48 Å². The summed E-state index contributed by atoms with van der Waals surface area (Å²) < 4.78 is -0.662. The molecule has 3 aliphatic carbocycles. The van der Waals surface area contributed by atoms with E-state index >= 15 is 0 Å². The molecule has 0 N–H and O–H groups in total. The summed E-state index contributed by atoms with van der Waals surface area (Å²) in [5.74, 6) is 0. The van der Waals surface area contributed by atoms with Gasteiger partial charge in [0.25, 0.3) is 0 Å². The van der Waals surface area contributed by atoms with Gasteiger partial charge in [0, 0.05) is 18.8 Å². The van der Waals surface area contributed by atoms with Crippen LogP contribution in [0.3, 0.4) is 0 Å². The third-order valence-corrected chi connectivity index (χ3v) is 10.1. The Hall–Kier alpha value is -1.62. The van der Waals surface area contributed by atoms with Crippen LogP contribution in [0, 0.1) is 13.8 Å². The van der Waals surface area contributed by atoms with Gasteiger partial charge in [-0.15, -0.1) is 0 Å². The number of aryl methyl sites for hydroxylation is 2. The van der Waals surface area contributed by atoms with E-state index in [2.05, 4.69) is 118 Å². The van der Waals surface area contributed by atoms with Gasteiger partial charge in [-0.3, -0.25) is 4.90 Å². The lowest BCUT2D eigenvalue weighted by atomic mass is 9.60. The van der Waals surface area contributed by atoms with E-state index < -0.39 is 0 Å². The van der Waals surface area contributed by atoms with Crippen LogP contribution in [0.2, 0.25) is 0 Å². The SMILES string of the molecule is CCN1CN(C)Cc2cc3c(cc21)C1(Br)c2ccccc2C3(Br)c2cc(C)c(C)cc21. The number of alkyl halides is 2. The Balaban J connectivity index is 1.74. The zero-order chi connectivity index (χ0) is 21.7. The predicted molar refractivity (Wildman–Crippen MR) is 136 cm³/mol. The van der Waals surface area contributed by atoms with E-state index in [9.17, 15) is 0 Å². The molecular weight excluding hydrogens is 512 g/mol. The molecule has 0 aromatic heterocycles. The monoisotopic (exact) mass is 536 g/mol. The van der Waals surface area contributed by atoms with Crippen LogP contribution in [0.4, 0.5) is 5.69 Å².